The van der Waals surface area contributed by atoms with E-state index in [1.165, 1.54) is 0 Å². The van der Waals surface area contributed by atoms with Gasteiger partial charge in [0, 0.05) is 23.5 Å². The van der Waals surface area contributed by atoms with Gasteiger partial charge in [-0.2, -0.15) is 5.26 Å². The second-order valence-electron chi connectivity index (χ2n) is 6.11. The third-order valence-electron chi connectivity index (χ3n) is 4.27. The SMILES string of the molecule is N#Cc1cc(-n2ccc3cc(OCc4c[nH]nn4)ccc32)cc(Cl)c1OCCCl. The van der Waals surface area contributed by atoms with Crippen LogP contribution in [0.5, 0.6) is 11.5 Å². The molecule has 146 valence electrons. The minimum atomic E-state index is 0.277. The lowest BCUT2D eigenvalue weighted by Crippen LogP contribution is -2.02. The molecule has 9 heteroatoms. The summed E-state index contributed by atoms with van der Waals surface area (Å²) < 4.78 is 13.2. The van der Waals surface area contributed by atoms with Crippen LogP contribution in [-0.4, -0.2) is 32.5 Å². The van der Waals surface area contributed by atoms with Crippen molar-refractivity contribution >= 4 is 34.1 Å². The van der Waals surface area contributed by atoms with Gasteiger partial charge in [-0.3, -0.25) is 5.10 Å². The van der Waals surface area contributed by atoms with Crippen LogP contribution in [0.2, 0.25) is 5.02 Å². The quantitative estimate of drug-likeness (QED) is 0.439. The van der Waals surface area contributed by atoms with Gasteiger partial charge in [-0.15, -0.1) is 16.7 Å². The van der Waals surface area contributed by atoms with E-state index >= 15 is 0 Å². The van der Waals surface area contributed by atoms with Gasteiger partial charge in [0.2, 0.25) is 0 Å². The summed E-state index contributed by atoms with van der Waals surface area (Å²) in [6.07, 6.45) is 3.60. The van der Waals surface area contributed by atoms with Crippen molar-refractivity contribution in [3.05, 3.63) is 65.1 Å². The fourth-order valence-corrected chi connectivity index (χ4v) is 3.32. The number of H-pyrrole nitrogens is 1. The van der Waals surface area contributed by atoms with Crippen molar-refractivity contribution in [2.75, 3.05) is 12.5 Å². The number of aromatic nitrogens is 4. The number of halogens is 2. The summed E-state index contributed by atoms with van der Waals surface area (Å²) in [5.41, 5.74) is 2.79. The third-order valence-corrected chi connectivity index (χ3v) is 4.70. The summed E-state index contributed by atoms with van der Waals surface area (Å²) in [5, 5.41) is 21.0. The average molecular weight is 428 g/mol. The van der Waals surface area contributed by atoms with Crippen molar-refractivity contribution < 1.29 is 9.47 Å². The Morgan fingerprint density at radius 3 is 2.83 bits per heavy atom. The number of aromatic amines is 1. The summed E-state index contributed by atoms with van der Waals surface area (Å²) >= 11 is 12.0. The smallest absolute Gasteiger partial charge is 0.155 e. The highest BCUT2D eigenvalue weighted by atomic mass is 35.5. The topological polar surface area (TPSA) is 88.8 Å². The highest BCUT2D eigenvalue weighted by Crippen LogP contribution is 2.33. The zero-order valence-corrected chi connectivity index (χ0v) is 16.6. The molecule has 0 aliphatic heterocycles. The van der Waals surface area contributed by atoms with Crippen molar-refractivity contribution in [3.8, 4) is 23.3 Å². The van der Waals surface area contributed by atoms with Crippen LogP contribution < -0.4 is 9.47 Å². The molecule has 2 aromatic carbocycles. The number of nitrogens with one attached hydrogen (secondary N) is 1. The molecule has 4 rings (SSSR count). The number of nitrogens with zero attached hydrogens (tertiary/aromatic N) is 4. The van der Waals surface area contributed by atoms with E-state index in [1.807, 2.05) is 35.0 Å². The molecule has 0 fully saturated rings. The van der Waals surface area contributed by atoms with Gasteiger partial charge in [-0.1, -0.05) is 16.8 Å². The molecule has 4 aromatic rings. The van der Waals surface area contributed by atoms with E-state index in [4.69, 9.17) is 32.7 Å². The predicted molar refractivity (Wildman–Crippen MR) is 110 cm³/mol. The van der Waals surface area contributed by atoms with Gasteiger partial charge in [0.15, 0.2) is 5.75 Å². The third kappa shape index (κ3) is 3.99. The number of fused-ring (bicyclic) bond motifs is 1. The Kier molecular flexibility index (Phi) is 5.56. The molecule has 0 bridgehead atoms. The molecule has 0 spiro atoms. The molecular weight excluding hydrogens is 413 g/mol. The first-order valence-electron chi connectivity index (χ1n) is 8.71. The lowest BCUT2D eigenvalue weighted by atomic mass is 10.2. The molecule has 0 unspecified atom stereocenters. The first kappa shape index (κ1) is 19.1. The second kappa shape index (κ2) is 8.43. The molecule has 29 heavy (non-hydrogen) atoms. The molecule has 2 aromatic heterocycles. The Hall–Kier alpha value is -3.21. The van der Waals surface area contributed by atoms with Crippen LogP contribution in [0.25, 0.3) is 16.6 Å². The largest absolute Gasteiger partial charge is 0.489 e. The Morgan fingerprint density at radius 1 is 1.17 bits per heavy atom. The van der Waals surface area contributed by atoms with Crippen LogP contribution in [0, 0.1) is 11.3 Å². The number of hydrogen-bond donors (Lipinski definition) is 1. The minimum Gasteiger partial charge on any atom is -0.489 e. The number of ether oxygens (including phenoxy) is 2. The van der Waals surface area contributed by atoms with E-state index in [0.717, 1.165) is 28.0 Å². The molecule has 0 amide bonds. The average Bonchev–Trinajstić information content (AvgIpc) is 3.40. The zero-order chi connectivity index (χ0) is 20.2. The van der Waals surface area contributed by atoms with Crippen LogP contribution in [0.1, 0.15) is 11.3 Å². The van der Waals surface area contributed by atoms with Crippen LogP contribution in [-0.2, 0) is 6.61 Å². The standard InChI is InChI=1S/C20H15Cl2N5O2/c21-4-6-28-20-14(10-23)7-16(9-18(20)22)27-5-3-13-8-17(1-2-19(13)27)29-12-15-11-24-26-25-15/h1-3,5,7-9,11H,4,6,12H2,(H,24,25,26). The molecule has 0 saturated heterocycles. The van der Waals surface area contributed by atoms with E-state index in [9.17, 15) is 5.26 Å². The molecule has 7 nitrogen and oxygen atoms in total. The fourth-order valence-electron chi connectivity index (χ4n) is 2.98. The summed E-state index contributed by atoms with van der Waals surface area (Å²) in [7, 11) is 0. The summed E-state index contributed by atoms with van der Waals surface area (Å²) in [6.45, 7) is 0.604. The van der Waals surface area contributed by atoms with Crippen molar-refractivity contribution in [1.82, 2.24) is 20.0 Å². The summed E-state index contributed by atoms with van der Waals surface area (Å²) in [4.78, 5) is 0. The Labute approximate surface area is 176 Å². The number of alkyl halides is 1. The Balaban J connectivity index is 1.64. The summed E-state index contributed by atoms with van der Waals surface area (Å²) in [5.74, 6) is 1.38. The second-order valence-corrected chi connectivity index (χ2v) is 6.90. The number of hydrogen-bond acceptors (Lipinski definition) is 5. The van der Waals surface area contributed by atoms with Gasteiger partial charge in [-0.05, 0) is 36.4 Å². The highest BCUT2D eigenvalue weighted by Gasteiger charge is 2.14. The van der Waals surface area contributed by atoms with Crippen molar-refractivity contribution in [1.29, 1.82) is 5.26 Å². The van der Waals surface area contributed by atoms with Crippen molar-refractivity contribution in [2.45, 2.75) is 6.61 Å². The number of benzene rings is 2. The monoisotopic (exact) mass is 427 g/mol. The van der Waals surface area contributed by atoms with E-state index in [1.54, 1.807) is 18.3 Å². The fraction of sp³-hybridized carbons (Fsp3) is 0.150. The number of nitriles is 1. The predicted octanol–water partition coefficient (Wildman–Crippen LogP) is 4.47. The molecule has 0 aliphatic rings. The van der Waals surface area contributed by atoms with Gasteiger partial charge in [0.05, 0.1) is 22.0 Å². The van der Waals surface area contributed by atoms with Crippen LogP contribution in [0.15, 0.2) is 48.8 Å². The molecule has 1 N–H and O–H groups in total. The number of rotatable bonds is 7. The summed E-state index contributed by atoms with van der Waals surface area (Å²) in [6, 6.07) is 13.4. The maximum absolute atomic E-state index is 9.49. The van der Waals surface area contributed by atoms with Gasteiger partial charge in [0.1, 0.15) is 30.7 Å². The van der Waals surface area contributed by atoms with Crippen LogP contribution in [0.4, 0.5) is 0 Å². The molecular formula is C20H15Cl2N5O2. The zero-order valence-electron chi connectivity index (χ0n) is 15.1. The van der Waals surface area contributed by atoms with Crippen LogP contribution >= 0.6 is 23.2 Å². The Morgan fingerprint density at radius 2 is 2.07 bits per heavy atom. The minimum absolute atomic E-state index is 0.277. The van der Waals surface area contributed by atoms with Crippen molar-refractivity contribution in [2.24, 2.45) is 0 Å². The van der Waals surface area contributed by atoms with Gasteiger partial charge < -0.3 is 14.0 Å². The van der Waals surface area contributed by atoms with E-state index < -0.39 is 0 Å². The maximum atomic E-state index is 9.49. The van der Waals surface area contributed by atoms with Gasteiger partial charge in [0.25, 0.3) is 0 Å². The first-order chi connectivity index (χ1) is 14.2. The molecule has 0 radical (unpaired) electrons. The van der Waals surface area contributed by atoms with E-state index in [0.29, 0.717) is 28.8 Å². The van der Waals surface area contributed by atoms with E-state index in [-0.39, 0.29) is 6.61 Å². The van der Waals surface area contributed by atoms with E-state index in [2.05, 4.69) is 21.5 Å². The molecule has 0 saturated carbocycles. The van der Waals surface area contributed by atoms with Gasteiger partial charge in [-0.25, -0.2) is 0 Å². The highest BCUT2D eigenvalue weighted by molar-refractivity contribution is 6.32. The Bertz CT molecular complexity index is 1180. The maximum Gasteiger partial charge on any atom is 0.155 e. The first-order valence-corrected chi connectivity index (χ1v) is 9.63. The molecule has 2 heterocycles. The van der Waals surface area contributed by atoms with Gasteiger partial charge >= 0.3 is 0 Å². The van der Waals surface area contributed by atoms with Crippen molar-refractivity contribution in [3.63, 3.8) is 0 Å². The lowest BCUT2D eigenvalue weighted by Gasteiger charge is -2.12. The molecule has 0 aliphatic carbocycles. The normalized spacial score (nSPS) is 10.8. The lowest BCUT2D eigenvalue weighted by molar-refractivity contribution is 0.301. The molecule has 0 atom stereocenters. The van der Waals surface area contributed by atoms with Crippen LogP contribution in [0.3, 0.4) is 0 Å².